The van der Waals surface area contributed by atoms with Gasteiger partial charge in [0.1, 0.15) is 12.1 Å². The van der Waals surface area contributed by atoms with Crippen LogP contribution in [0, 0.1) is 43.2 Å². The summed E-state index contributed by atoms with van der Waals surface area (Å²) in [6.07, 6.45) is 1.41. The maximum absolute atomic E-state index is 11.6. The van der Waals surface area contributed by atoms with Gasteiger partial charge in [0, 0.05) is 12.1 Å². The van der Waals surface area contributed by atoms with Gasteiger partial charge in [0.2, 0.25) is 5.91 Å². The first-order valence-electron chi connectivity index (χ1n) is 9.36. The van der Waals surface area contributed by atoms with Gasteiger partial charge in [0.15, 0.2) is 5.65 Å². The van der Waals surface area contributed by atoms with Crippen LogP contribution in [0.1, 0.15) is 6.92 Å². The van der Waals surface area contributed by atoms with Crippen molar-refractivity contribution in [2.75, 3.05) is 12.3 Å². The van der Waals surface area contributed by atoms with Crippen LogP contribution in [0.25, 0.3) is 22.3 Å². The maximum Gasteiger partial charge on any atom is 2.00 e. The van der Waals surface area contributed by atoms with Crippen molar-refractivity contribution in [1.29, 1.82) is 0 Å². The third-order valence-electron chi connectivity index (χ3n) is 4.15. The largest absolute Gasteiger partial charge is 2.00 e. The fraction of sp³-hybridized carbons (Fsp3) is 0.130. The Morgan fingerprint density at radius 3 is 2.39 bits per heavy atom. The zero-order valence-electron chi connectivity index (χ0n) is 17.2. The number of fused-ring (bicyclic) bond motifs is 1. The van der Waals surface area contributed by atoms with Crippen LogP contribution in [0.4, 0.5) is 5.82 Å². The number of rotatable bonds is 5. The first kappa shape index (κ1) is 24.3. The van der Waals surface area contributed by atoms with E-state index in [0.29, 0.717) is 41.2 Å². The van der Waals surface area contributed by atoms with Crippen molar-refractivity contribution in [3.63, 3.8) is 0 Å². The minimum atomic E-state index is -0.181. The fourth-order valence-electron chi connectivity index (χ4n) is 2.70. The fourth-order valence-corrected chi connectivity index (χ4v) is 2.70. The van der Waals surface area contributed by atoms with Crippen LogP contribution in [0.2, 0.25) is 0 Å². The number of nitrogens with one attached hydrogen (secondary N) is 1. The second-order valence-corrected chi connectivity index (χ2v) is 6.43. The second kappa shape index (κ2) is 12.0. The van der Waals surface area contributed by atoms with Crippen LogP contribution in [-0.2, 0) is 11.3 Å². The van der Waals surface area contributed by atoms with Gasteiger partial charge in [-0.15, -0.1) is 5.56 Å². The van der Waals surface area contributed by atoms with Crippen LogP contribution in [0.15, 0.2) is 73.1 Å². The molecule has 0 aliphatic carbocycles. The molecule has 1 amide bonds. The molecule has 0 saturated heterocycles. The topological polar surface area (TPSA) is 98.7 Å². The van der Waals surface area contributed by atoms with Crippen LogP contribution >= 0.6 is 0 Å². The van der Waals surface area contributed by atoms with Gasteiger partial charge >= 0.3 is 31.1 Å². The van der Waals surface area contributed by atoms with E-state index >= 15 is 0 Å². The zero-order chi connectivity index (χ0) is 21.3. The summed E-state index contributed by atoms with van der Waals surface area (Å²) in [5, 5.41) is 8.09. The molecule has 2 heterocycles. The van der Waals surface area contributed by atoms with Gasteiger partial charge in [-0.3, -0.25) is 4.79 Å². The van der Waals surface area contributed by atoms with Gasteiger partial charge < -0.3 is 11.1 Å². The summed E-state index contributed by atoms with van der Waals surface area (Å²) in [6, 6.07) is 22.9. The summed E-state index contributed by atoms with van der Waals surface area (Å²) >= 11 is 0. The van der Waals surface area contributed by atoms with Gasteiger partial charge in [-0.1, -0.05) is 6.58 Å². The van der Waals surface area contributed by atoms with Crippen LogP contribution in [0.5, 0.6) is 0 Å². The van der Waals surface area contributed by atoms with Crippen LogP contribution in [0.3, 0.4) is 0 Å². The molecule has 0 spiro atoms. The summed E-state index contributed by atoms with van der Waals surface area (Å²) in [5.41, 5.74) is 8.75. The normalized spacial score (nSPS) is 9.84. The van der Waals surface area contributed by atoms with E-state index in [2.05, 4.69) is 39.1 Å². The number of amides is 1. The smallest absolute Gasteiger partial charge is 0.383 e. The van der Waals surface area contributed by atoms with E-state index in [9.17, 15) is 4.79 Å². The molecule has 4 rings (SSSR count). The third-order valence-corrected chi connectivity index (χ3v) is 4.15. The summed E-state index contributed by atoms with van der Waals surface area (Å²) < 4.78 is 1.72. The molecule has 3 N–H and O–H groups in total. The number of nitrogens with two attached hydrogens (primary N) is 1. The van der Waals surface area contributed by atoms with Crippen molar-refractivity contribution >= 4 is 22.8 Å². The van der Waals surface area contributed by atoms with Crippen molar-refractivity contribution in [1.82, 2.24) is 25.1 Å². The monoisotopic (exact) mass is 636 g/mol. The van der Waals surface area contributed by atoms with Crippen molar-refractivity contribution in [3.8, 4) is 11.3 Å². The number of carbonyl (C=O) groups excluding carboxylic acids is 1. The molecule has 4 aromatic rings. The molecular weight excluding hydrogens is 614 g/mol. The molecule has 2 aromatic carbocycles. The Morgan fingerprint density at radius 1 is 1.13 bits per heavy atom. The average Bonchev–Trinajstić information content (AvgIpc) is 3.16. The van der Waals surface area contributed by atoms with Gasteiger partial charge in [-0.2, -0.15) is 71.8 Å². The molecule has 7 nitrogen and oxygen atoms in total. The van der Waals surface area contributed by atoms with E-state index < -0.39 is 0 Å². The third kappa shape index (κ3) is 6.51. The van der Waals surface area contributed by atoms with Crippen molar-refractivity contribution in [2.24, 2.45) is 0 Å². The zero-order valence-corrected chi connectivity index (χ0v) is 21.3. The predicted molar refractivity (Wildman–Crippen MR) is 117 cm³/mol. The number of carbonyl (C=O) groups is 1. The standard InChI is InChI=1S/C17H17N6O.C6H5.U/c1-11(2)17(24)19-8-9-23-16-13(15(18)20-10-21-16)14(22-23)12-6-4-3-5-7-12;1-2-4-6-5-3-1;/h4-7,10H,1,8-9H2,2H3,(H,19,24)(H2,18,20,21);1-5H;/q2*-1;+2. The van der Waals surface area contributed by atoms with E-state index in [1.54, 1.807) is 11.6 Å². The maximum atomic E-state index is 11.6. The van der Waals surface area contributed by atoms with E-state index in [-0.39, 0.29) is 37.0 Å². The molecule has 0 atom stereocenters. The number of aromatic nitrogens is 4. The number of nitrogens with zero attached hydrogens (tertiary/aromatic N) is 4. The van der Waals surface area contributed by atoms with Crippen molar-refractivity contribution in [3.05, 3.63) is 85.2 Å². The molecule has 2 aromatic heterocycles. The Kier molecular flexibility index (Phi) is 9.45. The summed E-state index contributed by atoms with van der Waals surface area (Å²) in [7, 11) is 0. The quantitative estimate of drug-likeness (QED) is 0.260. The Hall–Kier alpha value is -2.95. The molecule has 0 saturated carbocycles. The van der Waals surface area contributed by atoms with Crippen molar-refractivity contribution in [2.45, 2.75) is 13.5 Å². The molecule has 154 valence electrons. The minimum Gasteiger partial charge on any atom is -0.383 e. The molecule has 0 aliphatic heterocycles. The Balaban J connectivity index is 0.000000422. The van der Waals surface area contributed by atoms with Gasteiger partial charge in [-0.05, 0) is 6.92 Å². The van der Waals surface area contributed by atoms with E-state index in [1.807, 2.05) is 54.6 Å². The molecule has 31 heavy (non-hydrogen) atoms. The molecular formula is C23H22N6OU. The molecule has 8 heteroatoms. The summed E-state index contributed by atoms with van der Waals surface area (Å²) in [6.45, 7) is 6.15. The van der Waals surface area contributed by atoms with Crippen LogP contribution < -0.4 is 11.1 Å². The Bertz CT molecular complexity index is 1100. The van der Waals surface area contributed by atoms with Gasteiger partial charge in [0.25, 0.3) is 0 Å². The second-order valence-electron chi connectivity index (χ2n) is 6.43. The molecule has 0 fully saturated rings. The summed E-state index contributed by atoms with van der Waals surface area (Å²) in [4.78, 5) is 19.9. The molecule has 0 bridgehead atoms. The number of hydrogen-bond donors (Lipinski definition) is 2. The van der Waals surface area contributed by atoms with E-state index in [1.165, 1.54) is 6.33 Å². The SMILES string of the molecule is C=C(C)C(=O)NCCn1nc(-c2cc[c-]cc2)c2c(N)ncnc21.[U+2].[c-]1ccccc1. The van der Waals surface area contributed by atoms with Crippen molar-refractivity contribution < 1.29 is 35.9 Å². The predicted octanol–water partition coefficient (Wildman–Crippen LogP) is 3.05. The molecule has 0 aliphatic rings. The molecule has 0 unspecified atom stereocenters. The van der Waals surface area contributed by atoms with E-state index in [4.69, 9.17) is 5.73 Å². The Labute approximate surface area is 205 Å². The van der Waals surface area contributed by atoms with E-state index in [0.717, 1.165) is 5.56 Å². The number of benzene rings is 2. The van der Waals surface area contributed by atoms with Gasteiger partial charge in [0.05, 0.1) is 17.6 Å². The Morgan fingerprint density at radius 2 is 1.81 bits per heavy atom. The van der Waals surface area contributed by atoms with Gasteiger partial charge in [-0.25, -0.2) is 14.6 Å². The number of hydrogen-bond acceptors (Lipinski definition) is 5. The molecule has 0 radical (unpaired) electrons. The first-order valence-corrected chi connectivity index (χ1v) is 9.36. The van der Waals surface area contributed by atoms with Crippen LogP contribution in [-0.4, -0.2) is 32.2 Å². The first-order chi connectivity index (χ1) is 14.6. The minimum absolute atomic E-state index is 0. The number of nitrogen functional groups attached to an aromatic ring is 1. The number of anilines is 1. The average molecular weight is 636 g/mol. The summed E-state index contributed by atoms with van der Waals surface area (Å²) in [5.74, 6) is 0.194.